The Morgan fingerprint density at radius 3 is 3.13 bits per heavy atom. The molecule has 0 spiro atoms. The summed E-state index contributed by atoms with van der Waals surface area (Å²) in [7, 11) is 0. The standard InChI is InChI=1S/C12H11ClN2/c13-9-2-1-5-15-11-8-4-3-7(6-8)10(11)14-12(9)15/h1-2,5,7-8H,3-4,6H2. The van der Waals surface area contributed by atoms with Crippen molar-refractivity contribution in [2.75, 3.05) is 0 Å². The lowest BCUT2D eigenvalue weighted by molar-refractivity contribution is 0.690. The molecule has 76 valence electrons. The molecule has 2 aliphatic rings. The van der Waals surface area contributed by atoms with E-state index in [2.05, 4.69) is 10.6 Å². The highest BCUT2D eigenvalue weighted by Gasteiger charge is 2.40. The van der Waals surface area contributed by atoms with Crippen LogP contribution in [0.25, 0.3) is 5.65 Å². The number of hydrogen-bond donors (Lipinski definition) is 0. The highest BCUT2D eigenvalue weighted by Crippen LogP contribution is 2.52. The molecule has 2 aliphatic carbocycles. The zero-order valence-electron chi connectivity index (χ0n) is 8.28. The molecule has 0 radical (unpaired) electrons. The molecular formula is C12H11ClN2. The fourth-order valence-electron chi connectivity index (χ4n) is 3.25. The second-order valence-electron chi connectivity index (χ2n) is 4.64. The molecule has 2 aromatic rings. The average Bonchev–Trinajstić information content (AvgIpc) is 2.87. The molecule has 3 heteroatoms. The molecule has 2 atom stereocenters. The van der Waals surface area contributed by atoms with Gasteiger partial charge in [0, 0.05) is 23.7 Å². The van der Waals surface area contributed by atoms with Crippen LogP contribution in [0, 0.1) is 0 Å². The minimum absolute atomic E-state index is 0.709. The Bertz CT molecular complexity index is 558. The highest BCUT2D eigenvalue weighted by atomic mass is 35.5. The first-order valence-corrected chi connectivity index (χ1v) is 5.89. The summed E-state index contributed by atoms with van der Waals surface area (Å²) in [6.07, 6.45) is 6.05. The molecule has 0 N–H and O–H groups in total. The molecule has 1 fully saturated rings. The van der Waals surface area contributed by atoms with Crippen molar-refractivity contribution >= 4 is 17.2 Å². The number of aromatic nitrogens is 2. The normalized spacial score (nSPS) is 27.5. The molecule has 0 saturated heterocycles. The highest BCUT2D eigenvalue weighted by molar-refractivity contribution is 6.33. The quantitative estimate of drug-likeness (QED) is 0.663. The van der Waals surface area contributed by atoms with Gasteiger partial charge in [0.2, 0.25) is 0 Å². The maximum absolute atomic E-state index is 6.16. The molecule has 0 aromatic carbocycles. The zero-order chi connectivity index (χ0) is 9.99. The molecule has 15 heavy (non-hydrogen) atoms. The fourth-order valence-corrected chi connectivity index (χ4v) is 3.46. The van der Waals surface area contributed by atoms with Crippen molar-refractivity contribution in [2.45, 2.75) is 31.1 Å². The lowest BCUT2D eigenvalue weighted by atomic mass is 10.0. The Kier molecular flexibility index (Phi) is 1.39. The first-order chi connectivity index (χ1) is 7.34. The van der Waals surface area contributed by atoms with Crippen molar-refractivity contribution in [3.8, 4) is 0 Å². The predicted molar refractivity (Wildman–Crippen MR) is 59.5 cm³/mol. The van der Waals surface area contributed by atoms with Crippen molar-refractivity contribution in [3.63, 3.8) is 0 Å². The van der Waals surface area contributed by atoms with Crippen molar-refractivity contribution in [2.24, 2.45) is 0 Å². The van der Waals surface area contributed by atoms with Gasteiger partial charge in [0.05, 0.1) is 10.7 Å². The molecule has 2 aromatic heterocycles. The van der Waals surface area contributed by atoms with Gasteiger partial charge in [-0.1, -0.05) is 11.6 Å². The third-order valence-corrected chi connectivity index (χ3v) is 4.17. The van der Waals surface area contributed by atoms with E-state index in [4.69, 9.17) is 16.6 Å². The molecule has 2 unspecified atom stereocenters. The van der Waals surface area contributed by atoms with E-state index in [9.17, 15) is 0 Å². The van der Waals surface area contributed by atoms with E-state index in [1.807, 2.05) is 12.1 Å². The van der Waals surface area contributed by atoms with E-state index in [1.54, 1.807) is 0 Å². The van der Waals surface area contributed by atoms with Crippen LogP contribution in [0.15, 0.2) is 18.3 Å². The summed E-state index contributed by atoms with van der Waals surface area (Å²) in [5.41, 5.74) is 3.70. The smallest absolute Gasteiger partial charge is 0.156 e. The van der Waals surface area contributed by atoms with Crippen LogP contribution in [0.5, 0.6) is 0 Å². The second-order valence-corrected chi connectivity index (χ2v) is 5.05. The first-order valence-electron chi connectivity index (χ1n) is 5.51. The third kappa shape index (κ3) is 0.888. The molecule has 1 saturated carbocycles. The van der Waals surface area contributed by atoms with Crippen LogP contribution in [0.2, 0.25) is 5.02 Å². The predicted octanol–water partition coefficient (Wildman–Crippen LogP) is 3.35. The van der Waals surface area contributed by atoms with Gasteiger partial charge in [-0.2, -0.15) is 0 Å². The third-order valence-electron chi connectivity index (χ3n) is 3.87. The van der Waals surface area contributed by atoms with Gasteiger partial charge in [0.15, 0.2) is 5.65 Å². The van der Waals surface area contributed by atoms with E-state index in [0.717, 1.165) is 16.6 Å². The van der Waals surface area contributed by atoms with Crippen LogP contribution in [0.4, 0.5) is 0 Å². The molecule has 4 rings (SSSR count). The first kappa shape index (κ1) is 8.17. The number of halogens is 1. The van der Waals surface area contributed by atoms with Crippen molar-refractivity contribution < 1.29 is 0 Å². The van der Waals surface area contributed by atoms with Crippen LogP contribution < -0.4 is 0 Å². The van der Waals surface area contributed by atoms with Gasteiger partial charge in [0.25, 0.3) is 0 Å². The molecular weight excluding hydrogens is 208 g/mol. The summed E-state index contributed by atoms with van der Waals surface area (Å²) in [6.45, 7) is 0. The van der Waals surface area contributed by atoms with E-state index in [-0.39, 0.29) is 0 Å². The van der Waals surface area contributed by atoms with E-state index < -0.39 is 0 Å². The summed E-state index contributed by atoms with van der Waals surface area (Å²) < 4.78 is 2.20. The van der Waals surface area contributed by atoms with Gasteiger partial charge in [-0.05, 0) is 31.4 Å². The topological polar surface area (TPSA) is 17.3 Å². The van der Waals surface area contributed by atoms with Crippen LogP contribution >= 0.6 is 11.6 Å². The Hall–Kier alpha value is -1.02. The van der Waals surface area contributed by atoms with Gasteiger partial charge in [-0.3, -0.25) is 0 Å². The number of rotatable bonds is 0. The van der Waals surface area contributed by atoms with Crippen molar-refractivity contribution in [1.29, 1.82) is 0 Å². The summed E-state index contributed by atoms with van der Waals surface area (Å²) in [4.78, 5) is 4.71. The van der Waals surface area contributed by atoms with Crippen LogP contribution in [0.1, 0.15) is 42.5 Å². The summed E-state index contributed by atoms with van der Waals surface area (Å²) in [6, 6.07) is 3.92. The minimum Gasteiger partial charge on any atom is -0.302 e. The number of fused-ring (bicyclic) bond motifs is 7. The Morgan fingerprint density at radius 1 is 1.33 bits per heavy atom. The molecule has 0 aliphatic heterocycles. The van der Waals surface area contributed by atoms with Gasteiger partial charge in [0.1, 0.15) is 0 Å². The summed E-state index contributed by atoms with van der Waals surface area (Å²) >= 11 is 6.16. The Morgan fingerprint density at radius 2 is 2.20 bits per heavy atom. The van der Waals surface area contributed by atoms with E-state index >= 15 is 0 Å². The molecule has 2 bridgehead atoms. The van der Waals surface area contributed by atoms with Gasteiger partial charge >= 0.3 is 0 Å². The number of nitrogens with zero attached hydrogens (tertiary/aromatic N) is 2. The van der Waals surface area contributed by atoms with Gasteiger partial charge < -0.3 is 4.40 Å². The summed E-state index contributed by atoms with van der Waals surface area (Å²) in [5.74, 6) is 1.44. The van der Waals surface area contributed by atoms with E-state index in [0.29, 0.717) is 5.92 Å². The Balaban J connectivity index is 2.13. The van der Waals surface area contributed by atoms with Crippen LogP contribution in [-0.4, -0.2) is 9.38 Å². The fraction of sp³-hybridized carbons (Fsp3) is 0.417. The van der Waals surface area contributed by atoms with Gasteiger partial charge in [-0.25, -0.2) is 4.98 Å². The number of imidazole rings is 1. The summed E-state index contributed by atoms with van der Waals surface area (Å²) in [5, 5.41) is 0.770. The monoisotopic (exact) mass is 218 g/mol. The van der Waals surface area contributed by atoms with Crippen molar-refractivity contribution in [1.82, 2.24) is 9.38 Å². The molecule has 2 heterocycles. The largest absolute Gasteiger partial charge is 0.302 e. The lowest BCUT2D eigenvalue weighted by Crippen LogP contribution is -1.99. The van der Waals surface area contributed by atoms with Crippen LogP contribution in [0.3, 0.4) is 0 Å². The second kappa shape index (κ2) is 2.56. The maximum Gasteiger partial charge on any atom is 0.156 e. The molecule has 2 nitrogen and oxygen atoms in total. The SMILES string of the molecule is Clc1cccn2c3c(nc12)C1CCC3C1. The average molecular weight is 219 g/mol. The van der Waals surface area contributed by atoms with E-state index in [1.165, 1.54) is 30.7 Å². The minimum atomic E-state index is 0.709. The van der Waals surface area contributed by atoms with Gasteiger partial charge in [-0.15, -0.1) is 0 Å². The van der Waals surface area contributed by atoms with Crippen molar-refractivity contribution in [3.05, 3.63) is 34.7 Å². The number of pyridine rings is 1. The lowest BCUT2D eigenvalue weighted by Gasteiger charge is -2.09. The van der Waals surface area contributed by atoms with Crippen LogP contribution in [-0.2, 0) is 0 Å². The number of hydrogen-bond acceptors (Lipinski definition) is 1. The zero-order valence-corrected chi connectivity index (χ0v) is 9.04. The Labute approximate surface area is 92.9 Å². The molecule has 0 amide bonds. The maximum atomic E-state index is 6.16.